The van der Waals surface area contributed by atoms with Crippen LogP contribution in [0.2, 0.25) is 0 Å². The minimum Gasteiger partial charge on any atom is -0.348 e. The van der Waals surface area contributed by atoms with Crippen molar-refractivity contribution in [3.05, 3.63) is 78.6 Å². The summed E-state index contributed by atoms with van der Waals surface area (Å²) in [4.78, 5) is 16.2. The Morgan fingerprint density at radius 2 is 1.89 bits per heavy atom. The Kier molecular flexibility index (Phi) is 5.74. The van der Waals surface area contributed by atoms with Gasteiger partial charge in [0.05, 0.1) is 16.9 Å². The lowest BCUT2D eigenvalue weighted by molar-refractivity contribution is 0.0936. The smallest absolute Gasteiger partial charge is 0.261 e. The summed E-state index contributed by atoms with van der Waals surface area (Å²) in [5, 5.41) is 2.84. The van der Waals surface area contributed by atoms with Crippen LogP contribution in [0.25, 0.3) is 0 Å². The van der Waals surface area contributed by atoms with Crippen molar-refractivity contribution in [3.63, 3.8) is 0 Å². The summed E-state index contributed by atoms with van der Waals surface area (Å²) in [5.41, 5.74) is 0.181. The molecule has 0 saturated heterocycles. The zero-order valence-electron chi connectivity index (χ0n) is 15.0. The van der Waals surface area contributed by atoms with E-state index in [1.165, 1.54) is 42.5 Å². The topological polar surface area (TPSA) is 93.1 Å². The van der Waals surface area contributed by atoms with Crippen molar-refractivity contribution in [2.45, 2.75) is 24.4 Å². The van der Waals surface area contributed by atoms with Gasteiger partial charge in [-0.15, -0.1) is 0 Å². The zero-order valence-corrected chi connectivity index (χ0v) is 15.9. The summed E-state index contributed by atoms with van der Waals surface area (Å²) >= 11 is 0. The van der Waals surface area contributed by atoms with Crippen LogP contribution in [0.3, 0.4) is 0 Å². The highest BCUT2D eigenvalue weighted by Gasteiger charge is 2.17. The molecule has 0 aliphatic rings. The van der Waals surface area contributed by atoms with Gasteiger partial charge in [-0.3, -0.25) is 9.52 Å². The minimum absolute atomic E-state index is 0.0706. The molecule has 0 radical (unpaired) electrons. The highest BCUT2D eigenvalue weighted by atomic mass is 32.2. The van der Waals surface area contributed by atoms with Gasteiger partial charge in [-0.25, -0.2) is 17.8 Å². The molecule has 0 bridgehead atoms. The van der Waals surface area contributed by atoms with Crippen molar-refractivity contribution in [3.8, 4) is 0 Å². The molecule has 9 heteroatoms. The number of nitrogens with one attached hydrogen (secondary N) is 2. The molecule has 0 saturated carbocycles. The zero-order chi connectivity index (χ0) is 20.1. The van der Waals surface area contributed by atoms with E-state index >= 15 is 0 Å². The van der Waals surface area contributed by atoms with Gasteiger partial charge in [0.25, 0.3) is 15.9 Å². The number of nitrogens with zero attached hydrogens (tertiary/aromatic N) is 2. The van der Waals surface area contributed by atoms with Gasteiger partial charge in [0, 0.05) is 30.5 Å². The Balaban J connectivity index is 1.66. The third kappa shape index (κ3) is 4.74. The molecule has 0 unspecified atom stereocenters. The molecule has 2 aromatic carbocycles. The Bertz CT molecular complexity index is 1050. The highest BCUT2D eigenvalue weighted by Crippen LogP contribution is 2.19. The van der Waals surface area contributed by atoms with Crippen LogP contribution in [-0.4, -0.2) is 29.9 Å². The third-order valence-corrected chi connectivity index (χ3v) is 5.35. The van der Waals surface area contributed by atoms with Gasteiger partial charge in [-0.1, -0.05) is 12.1 Å². The van der Waals surface area contributed by atoms with E-state index in [4.69, 9.17) is 0 Å². The number of amides is 1. The summed E-state index contributed by atoms with van der Waals surface area (Å²) in [6.07, 6.45) is 5.11. The molecule has 2 N–H and O–H groups in total. The van der Waals surface area contributed by atoms with Gasteiger partial charge in [-0.2, -0.15) is 0 Å². The molecule has 146 valence electrons. The number of hydrogen-bond donors (Lipinski definition) is 2. The van der Waals surface area contributed by atoms with Gasteiger partial charge in [-0.05, 0) is 43.3 Å². The van der Waals surface area contributed by atoms with E-state index in [0.29, 0.717) is 12.1 Å². The molecule has 0 fully saturated rings. The average Bonchev–Trinajstić information content (AvgIpc) is 3.16. The molecule has 3 rings (SSSR count). The molecule has 0 spiro atoms. The number of hydrogen-bond acceptors (Lipinski definition) is 4. The molecule has 3 aromatic rings. The van der Waals surface area contributed by atoms with Crippen LogP contribution in [0.4, 0.5) is 10.1 Å². The van der Waals surface area contributed by atoms with E-state index in [1.54, 1.807) is 18.7 Å². The Hall–Kier alpha value is -3.20. The van der Waals surface area contributed by atoms with Gasteiger partial charge in [0.15, 0.2) is 0 Å². The first-order chi connectivity index (χ1) is 13.3. The maximum absolute atomic E-state index is 13.7. The number of carbonyl (C=O) groups excluding carboxylic acids is 1. The predicted molar refractivity (Wildman–Crippen MR) is 103 cm³/mol. The van der Waals surface area contributed by atoms with Crippen LogP contribution >= 0.6 is 0 Å². The van der Waals surface area contributed by atoms with E-state index in [2.05, 4.69) is 15.0 Å². The number of benzene rings is 2. The van der Waals surface area contributed by atoms with Crippen molar-refractivity contribution >= 4 is 21.6 Å². The van der Waals surface area contributed by atoms with Crippen LogP contribution in [0.5, 0.6) is 0 Å². The minimum atomic E-state index is -3.97. The molecule has 1 amide bonds. The maximum atomic E-state index is 13.7. The lowest BCUT2D eigenvalue weighted by Gasteiger charge is -2.15. The molecule has 1 heterocycles. The van der Waals surface area contributed by atoms with E-state index in [-0.39, 0.29) is 22.5 Å². The first kappa shape index (κ1) is 19.6. The van der Waals surface area contributed by atoms with Crippen molar-refractivity contribution in [2.75, 3.05) is 4.72 Å². The monoisotopic (exact) mass is 402 g/mol. The normalized spacial score (nSPS) is 12.4. The lowest BCUT2D eigenvalue weighted by atomic mass is 10.2. The second kappa shape index (κ2) is 8.22. The first-order valence-corrected chi connectivity index (χ1v) is 9.97. The molecule has 1 aromatic heterocycles. The van der Waals surface area contributed by atoms with Crippen molar-refractivity contribution < 1.29 is 17.6 Å². The summed E-state index contributed by atoms with van der Waals surface area (Å²) in [7, 11) is -3.97. The second-order valence-corrected chi connectivity index (χ2v) is 7.93. The largest absolute Gasteiger partial charge is 0.348 e. The SMILES string of the molecule is C[C@@H](Cn1ccnc1)NC(=O)c1ccc(S(=O)(=O)Nc2ccccc2F)cc1. The maximum Gasteiger partial charge on any atom is 0.261 e. The summed E-state index contributed by atoms with van der Waals surface area (Å²) in [6.45, 7) is 2.42. The summed E-state index contributed by atoms with van der Waals surface area (Å²) in [5.74, 6) is -0.993. The van der Waals surface area contributed by atoms with Crippen LogP contribution < -0.4 is 10.0 Å². The van der Waals surface area contributed by atoms with E-state index in [9.17, 15) is 17.6 Å². The fraction of sp³-hybridized carbons (Fsp3) is 0.158. The molecular weight excluding hydrogens is 383 g/mol. The third-order valence-electron chi connectivity index (χ3n) is 3.97. The predicted octanol–water partition coefficient (Wildman–Crippen LogP) is 2.64. The van der Waals surface area contributed by atoms with Gasteiger partial charge in [0.1, 0.15) is 5.82 Å². The van der Waals surface area contributed by atoms with Crippen LogP contribution in [0, 0.1) is 5.82 Å². The number of rotatable bonds is 7. The number of imidazole rings is 1. The fourth-order valence-corrected chi connectivity index (χ4v) is 3.66. The molecular formula is C19H19FN4O3S. The van der Waals surface area contributed by atoms with E-state index in [1.807, 2.05) is 11.5 Å². The molecule has 1 atom stereocenters. The average molecular weight is 402 g/mol. The second-order valence-electron chi connectivity index (χ2n) is 6.24. The van der Waals surface area contributed by atoms with Crippen molar-refractivity contribution in [1.29, 1.82) is 0 Å². The van der Waals surface area contributed by atoms with Crippen LogP contribution in [0.1, 0.15) is 17.3 Å². The fourth-order valence-electron chi connectivity index (χ4n) is 2.60. The molecule has 28 heavy (non-hydrogen) atoms. The van der Waals surface area contributed by atoms with E-state index < -0.39 is 15.8 Å². The van der Waals surface area contributed by atoms with Crippen molar-refractivity contribution in [1.82, 2.24) is 14.9 Å². The van der Waals surface area contributed by atoms with Crippen molar-refractivity contribution in [2.24, 2.45) is 0 Å². The van der Waals surface area contributed by atoms with Gasteiger partial charge >= 0.3 is 0 Å². The van der Waals surface area contributed by atoms with Gasteiger partial charge < -0.3 is 9.88 Å². The molecule has 0 aliphatic carbocycles. The standard InChI is InChI=1S/C19H19FN4O3S/c1-14(12-24-11-10-21-13-24)22-19(25)15-6-8-16(9-7-15)28(26,27)23-18-5-3-2-4-17(18)20/h2-11,13-14,23H,12H2,1H3,(H,22,25)/t14-/m0/s1. The number of carbonyl (C=O) groups is 1. The van der Waals surface area contributed by atoms with Crippen LogP contribution in [0.15, 0.2) is 72.1 Å². The number of sulfonamides is 1. The van der Waals surface area contributed by atoms with Gasteiger partial charge in [0.2, 0.25) is 0 Å². The highest BCUT2D eigenvalue weighted by molar-refractivity contribution is 7.92. The Morgan fingerprint density at radius 3 is 2.54 bits per heavy atom. The number of aromatic nitrogens is 2. The number of anilines is 1. The summed E-state index contributed by atoms with van der Waals surface area (Å²) in [6, 6.07) is 10.8. The summed E-state index contributed by atoms with van der Waals surface area (Å²) < 4.78 is 42.5. The lowest BCUT2D eigenvalue weighted by Crippen LogP contribution is -2.35. The van der Waals surface area contributed by atoms with Crippen LogP contribution in [-0.2, 0) is 16.6 Å². The Labute approximate surface area is 162 Å². The quantitative estimate of drug-likeness (QED) is 0.635. The molecule has 0 aliphatic heterocycles. The molecule has 7 nitrogen and oxygen atoms in total. The first-order valence-electron chi connectivity index (χ1n) is 8.49. The Morgan fingerprint density at radius 1 is 1.18 bits per heavy atom. The number of para-hydroxylation sites is 1. The number of halogens is 1. The van der Waals surface area contributed by atoms with E-state index in [0.717, 1.165) is 6.07 Å².